The third kappa shape index (κ3) is 6.22. The van der Waals surface area contributed by atoms with Crippen LogP contribution in [-0.2, 0) is 12.8 Å². The third-order valence-electron chi connectivity index (χ3n) is 10.3. The molecule has 7 rings (SSSR count). The van der Waals surface area contributed by atoms with Crippen LogP contribution in [0.2, 0.25) is 0 Å². The Morgan fingerprint density at radius 1 is 0.640 bits per heavy atom. The SMILES string of the molecule is Cc1c(C)c(C)c(-c2cnn(-c3cc(CC(C)C)cc(Oc4ccc5c6ccccc6n(-c6cc(CC(C)C)ccn6)c5c4)c3)c2)c(C)c1C. The van der Waals surface area contributed by atoms with Gasteiger partial charge in [-0.15, -0.1) is 0 Å². The van der Waals surface area contributed by atoms with Crippen LogP contribution in [0.3, 0.4) is 0 Å². The summed E-state index contributed by atoms with van der Waals surface area (Å²) in [6.07, 6.45) is 8.04. The minimum absolute atomic E-state index is 0.501. The molecule has 0 saturated carbocycles. The minimum atomic E-state index is 0.501. The highest BCUT2D eigenvalue weighted by atomic mass is 16.5. The monoisotopic (exact) mass is 660 g/mol. The fourth-order valence-electron chi connectivity index (χ4n) is 7.53. The molecule has 0 unspecified atom stereocenters. The number of rotatable bonds is 9. The molecule has 0 spiro atoms. The zero-order chi connectivity index (χ0) is 35.3. The lowest BCUT2D eigenvalue weighted by molar-refractivity contribution is 0.481. The number of hydrogen-bond acceptors (Lipinski definition) is 3. The zero-order valence-corrected chi connectivity index (χ0v) is 30.9. The molecule has 3 heterocycles. The molecule has 5 nitrogen and oxygen atoms in total. The van der Waals surface area contributed by atoms with Gasteiger partial charge < -0.3 is 4.74 Å². The normalized spacial score (nSPS) is 11.8. The molecular weight excluding hydrogens is 613 g/mol. The van der Waals surface area contributed by atoms with Gasteiger partial charge >= 0.3 is 0 Å². The van der Waals surface area contributed by atoms with E-state index < -0.39 is 0 Å². The second-order valence-electron chi connectivity index (χ2n) is 14.9. The number of nitrogens with zero attached hydrogens (tertiary/aromatic N) is 4. The van der Waals surface area contributed by atoms with Crippen molar-refractivity contribution in [1.29, 1.82) is 0 Å². The van der Waals surface area contributed by atoms with Gasteiger partial charge in [0, 0.05) is 40.9 Å². The molecule has 0 N–H and O–H groups in total. The summed E-state index contributed by atoms with van der Waals surface area (Å²) < 4.78 is 11.0. The van der Waals surface area contributed by atoms with Crippen molar-refractivity contribution in [1.82, 2.24) is 19.3 Å². The zero-order valence-electron chi connectivity index (χ0n) is 30.9. The molecule has 0 amide bonds. The number of hydrogen-bond donors (Lipinski definition) is 0. The first-order valence-corrected chi connectivity index (χ1v) is 17.9. The molecule has 0 aliphatic rings. The molecule has 0 aliphatic carbocycles. The van der Waals surface area contributed by atoms with Crippen molar-refractivity contribution in [2.45, 2.75) is 75.2 Å². The number of fused-ring (bicyclic) bond motifs is 3. The average molecular weight is 661 g/mol. The first-order chi connectivity index (χ1) is 24.0. The van der Waals surface area contributed by atoms with Gasteiger partial charge in [0.05, 0.1) is 22.9 Å². The summed E-state index contributed by atoms with van der Waals surface area (Å²) in [5, 5.41) is 7.26. The molecule has 4 aromatic carbocycles. The third-order valence-corrected chi connectivity index (χ3v) is 10.3. The molecule has 0 saturated heterocycles. The van der Waals surface area contributed by atoms with Crippen LogP contribution < -0.4 is 4.74 Å². The number of ether oxygens (including phenoxy) is 1. The summed E-state index contributed by atoms with van der Waals surface area (Å²) in [4.78, 5) is 4.85. The number of pyridine rings is 1. The lowest BCUT2D eigenvalue weighted by Crippen LogP contribution is -2.01. The summed E-state index contributed by atoms with van der Waals surface area (Å²) >= 11 is 0. The smallest absolute Gasteiger partial charge is 0.137 e. The van der Waals surface area contributed by atoms with E-state index in [1.165, 1.54) is 55.3 Å². The molecule has 0 radical (unpaired) electrons. The van der Waals surface area contributed by atoms with Crippen LogP contribution in [0.15, 0.2) is 91.4 Å². The summed E-state index contributed by atoms with van der Waals surface area (Å²) in [7, 11) is 0. The van der Waals surface area contributed by atoms with E-state index in [0.29, 0.717) is 11.8 Å². The van der Waals surface area contributed by atoms with Gasteiger partial charge in [-0.1, -0.05) is 45.9 Å². The van der Waals surface area contributed by atoms with E-state index in [0.717, 1.165) is 52.4 Å². The van der Waals surface area contributed by atoms with Gasteiger partial charge in [-0.25, -0.2) is 9.67 Å². The van der Waals surface area contributed by atoms with Crippen molar-refractivity contribution in [2.24, 2.45) is 11.8 Å². The lowest BCUT2D eigenvalue weighted by atomic mass is 9.87. The van der Waals surface area contributed by atoms with Gasteiger partial charge in [-0.3, -0.25) is 4.57 Å². The first kappa shape index (κ1) is 33.3. The maximum absolute atomic E-state index is 6.73. The van der Waals surface area contributed by atoms with Crippen molar-refractivity contribution in [3.05, 3.63) is 130 Å². The van der Waals surface area contributed by atoms with Crippen LogP contribution in [0.5, 0.6) is 11.5 Å². The highest BCUT2D eigenvalue weighted by Crippen LogP contribution is 2.37. The van der Waals surface area contributed by atoms with Gasteiger partial charge in [-0.05, 0) is 146 Å². The van der Waals surface area contributed by atoms with Gasteiger partial charge in [0.2, 0.25) is 0 Å². The van der Waals surface area contributed by atoms with Crippen molar-refractivity contribution in [3.8, 4) is 34.1 Å². The minimum Gasteiger partial charge on any atom is -0.457 e. The van der Waals surface area contributed by atoms with E-state index in [4.69, 9.17) is 14.8 Å². The van der Waals surface area contributed by atoms with E-state index in [1.807, 2.05) is 17.1 Å². The number of benzene rings is 4. The van der Waals surface area contributed by atoms with Gasteiger partial charge in [0.25, 0.3) is 0 Å². The maximum Gasteiger partial charge on any atom is 0.137 e. The van der Waals surface area contributed by atoms with E-state index in [2.05, 4.69) is 146 Å². The molecular formula is C45H48N4O. The first-order valence-electron chi connectivity index (χ1n) is 17.9. The Hall–Kier alpha value is -5.16. The Morgan fingerprint density at radius 2 is 1.32 bits per heavy atom. The Bertz CT molecular complexity index is 2340. The van der Waals surface area contributed by atoms with Crippen LogP contribution >= 0.6 is 0 Å². The maximum atomic E-state index is 6.73. The fourth-order valence-corrected chi connectivity index (χ4v) is 7.53. The molecule has 0 bridgehead atoms. The Morgan fingerprint density at radius 3 is 2.06 bits per heavy atom. The second-order valence-corrected chi connectivity index (χ2v) is 14.9. The average Bonchev–Trinajstić information content (AvgIpc) is 3.69. The molecule has 50 heavy (non-hydrogen) atoms. The van der Waals surface area contributed by atoms with Crippen LogP contribution in [0, 0.1) is 46.5 Å². The Kier molecular flexibility index (Phi) is 8.86. The topological polar surface area (TPSA) is 44.9 Å². The molecule has 5 heteroatoms. The predicted molar refractivity (Wildman–Crippen MR) is 208 cm³/mol. The Labute approximate surface area is 296 Å². The molecule has 254 valence electrons. The van der Waals surface area contributed by atoms with Crippen molar-refractivity contribution >= 4 is 21.8 Å². The highest BCUT2D eigenvalue weighted by molar-refractivity contribution is 6.09. The van der Waals surface area contributed by atoms with E-state index in [1.54, 1.807) is 0 Å². The van der Waals surface area contributed by atoms with Crippen LogP contribution in [-0.4, -0.2) is 19.3 Å². The molecule has 0 fully saturated rings. The fraction of sp³-hybridized carbons (Fsp3) is 0.289. The lowest BCUT2D eigenvalue weighted by Gasteiger charge is -2.17. The second kappa shape index (κ2) is 13.3. The summed E-state index contributed by atoms with van der Waals surface area (Å²) in [5.74, 6) is 3.57. The summed E-state index contributed by atoms with van der Waals surface area (Å²) in [6.45, 7) is 20.1. The van der Waals surface area contributed by atoms with Crippen molar-refractivity contribution in [2.75, 3.05) is 0 Å². The number of aromatic nitrogens is 4. The van der Waals surface area contributed by atoms with Crippen LogP contribution in [0.4, 0.5) is 0 Å². The van der Waals surface area contributed by atoms with Crippen LogP contribution in [0.1, 0.15) is 66.6 Å². The van der Waals surface area contributed by atoms with Gasteiger partial charge in [0.1, 0.15) is 17.3 Å². The largest absolute Gasteiger partial charge is 0.457 e. The quantitative estimate of drug-likeness (QED) is 0.155. The Balaban J connectivity index is 1.30. The van der Waals surface area contributed by atoms with Gasteiger partial charge in [-0.2, -0.15) is 5.10 Å². The summed E-state index contributed by atoms with van der Waals surface area (Å²) in [5.41, 5.74) is 14.8. The van der Waals surface area contributed by atoms with Gasteiger partial charge in [0.15, 0.2) is 0 Å². The number of para-hydroxylation sites is 1. The molecule has 3 aromatic heterocycles. The van der Waals surface area contributed by atoms with E-state index >= 15 is 0 Å². The van der Waals surface area contributed by atoms with E-state index in [-0.39, 0.29) is 0 Å². The molecule has 0 aliphatic heterocycles. The standard InChI is InChI=1S/C45H48N4O/c1-27(2)18-34-16-17-46-44(22-34)49-42-13-11-10-12-40(42)41-15-14-38(24-43(41)49)50-39-21-35(19-28(3)4)20-37(23-39)48-26-36(25-47-48)45-32(8)30(6)29(5)31(7)33(45)9/h10-17,20-28H,18-19H2,1-9H3. The predicted octanol–water partition coefficient (Wildman–Crippen LogP) is 11.8. The van der Waals surface area contributed by atoms with Crippen molar-refractivity contribution in [3.63, 3.8) is 0 Å². The van der Waals surface area contributed by atoms with Crippen molar-refractivity contribution < 1.29 is 4.74 Å². The molecule has 7 aromatic rings. The molecule has 0 atom stereocenters. The summed E-state index contributed by atoms with van der Waals surface area (Å²) in [6, 6.07) is 25.8. The van der Waals surface area contributed by atoms with Crippen LogP contribution in [0.25, 0.3) is 44.4 Å². The highest BCUT2D eigenvalue weighted by Gasteiger charge is 2.18. The van der Waals surface area contributed by atoms with E-state index in [9.17, 15) is 0 Å².